The van der Waals surface area contributed by atoms with Crippen LogP contribution in [0.15, 0.2) is 54.9 Å². The van der Waals surface area contributed by atoms with Crippen LogP contribution < -0.4 is 0 Å². The molecule has 144 valence electrons. The standard InChI is InChI=1S/C18H9F6N3S/c19-17(20,21)12-5-1-10(2-6-12)14-15(28-16-25-9-26-27(14)16)11-3-7-13(8-4-11)18(22,23)24/h1-9H. The number of hydrogen-bond acceptors (Lipinski definition) is 3. The molecular formula is C18H9F6N3S. The molecule has 0 aliphatic heterocycles. The highest BCUT2D eigenvalue weighted by molar-refractivity contribution is 7.20. The molecule has 3 nitrogen and oxygen atoms in total. The van der Waals surface area contributed by atoms with Gasteiger partial charge < -0.3 is 0 Å². The van der Waals surface area contributed by atoms with Gasteiger partial charge in [0, 0.05) is 5.56 Å². The maximum Gasteiger partial charge on any atom is 0.416 e. The lowest BCUT2D eigenvalue weighted by molar-refractivity contribution is -0.138. The zero-order valence-electron chi connectivity index (χ0n) is 13.7. The molecule has 0 amide bonds. The van der Waals surface area contributed by atoms with Gasteiger partial charge in [0.15, 0.2) is 0 Å². The average molecular weight is 413 g/mol. The van der Waals surface area contributed by atoms with Crippen molar-refractivity contribution in [3.05, 3.63) is 66.0 Å². The van der Waals surface area contributed by atoms with Crippen molar-refractivity contribution in [3.63, 3.8) is 0 Å². The first kappa shape index (κ1) is 18.5. The number of aromatic nitrogens is 3. The largest absolute Gasteiger partial charge is 0.416 e. The zero-order chi connectivity index (χ0) is 20.1. The van der Waals surface area contributed by atoms with Crippen molar-refractivity contribution in [2.45, 2.75) is 12.4 Å². The number of thiazole rings is 1. The summed E-state index contributed by atoms with van der Waals surface area (Å²) in [6, 6.07) is 9.07. The molecule has 28 heavy (non-hydrogen) atoms. The summed E-state index contributed by atoms with van der Waals surface area (Å²) in [6.07, 6.45) is -7.62. The van der Waals surface area contributed by atoms with Gasteiger partial charge in [-0.1, -0.05) is 35.6 Å². The van der Waals surface area contributed by atoms with E-state index in [-0.39, 0.29) is 0 Å². The van der Waals surface area contributed by atoms with E-state index in [1.54, 1.807) is 0 Å². The number of benzene rings is 2. The Bertz CT molecular complexity index is 1120. The SMILES string of the molecule is FC(F)(F)c1ccc(-c2sc3ncnn3c2-c2ccc(C(F)(F)F)cc2)cc1. The maximum atomic E-state index is 12.8. The van der Waals surface area contributed by atoms with Crippen molar-refractivity contribution in [2.24, 2.45) is 0 Å². The van der Waals surface area contributed by atoms with E-state index in [9.17, 15) is 26.3 Å². The van der Waals surface area contributed by atoms with Crippen molar-refractivity contribution in [1.29, 1.82) is 0 Å². The van der Waals surface area contributed by atoms with Crippen molar-refractivity contribution in [3.8, 4) is 21.7 Å². The van der Waals surface area contributed by atoms with Gasteiger partial charge in [0.2, 0.25) is 4.96 Å². The van der Waals surface area contributed by atoms with Crippen LogP contribution in [0.3, 0.4) is 0 Å². The zero-order valence-corrected chi connectivity index (χ0v) is 14.5. The van der Waals surface area contributed by atoms with Gasteiger partial charge in [-0.25, -0.2) is 9.50 Å². The quantitative estimate of drug-likeness (QED) is 0.368. The minimum atomic E-state index is -4.47. The van der Waals surface area contributed by atoms with Gasteiger partial charge in [0.05, 0.1) is 21.7 Å². The number of fused-ring (bicyclic) bond motifs is 1. The predicted octanol–water partition coefficient (Wildman–Crippen LogP) is 6.16. The highest BCUT2D eigenvalue weighted by Crippen LogP contribution is 2.40. The molecule has 0 fully saturated rings. The molecule has 0 N–H and O–H groups in total. The Morgan fingerprint density at radius 2 is 1.21 bits per heavy atom. The van der Waals surface area contributed by atoms with E-state index >= 15 is 0 Å². The van der Waals surface area contributed by atoms with Crippen LogP contribution in [0.2, 0.25) is 0 Å². The second kappa shape index (κ2) is 6.33. The van der Waals surface area contributed by atoms with E-state index in [1.807, 2.05) is 0 Å². The third-order valence-electron chi connectivity index (χ3n) is 4.10. The number of hydrogen-bond donors (Lipinski definition) is 0. The van der Waals surface area contributed by atoms with Crippen LogP contribution >= 0.6 is 11.3 Å². The molecule has 4 rings (SSSR count). The first-order valence-electron chi connectivity index (χ1n) is 7.82. The van der Waals surface area contributed by atoms with Gasteiger partial charge in [0.1, 0.15) is 6.33 Å². The molecule has 0 aliphatic carbocycles. The fraction of sp³-hybridized carbons (Fsp3) is 0.111. The Morgan fingerprint density at radius 1 is 0.714 bits per heavy atom. The Labute approximate surface area is 157 Å². The Kier molecular flexibility index (Phi) is 4.18. The van der Waals surface area contributed by atoms with E-state index in [0.29, 0.717) is 26.7 Å². The van der Waals surface area contributed by atoms with Crippen LogP contribution in [0, 0.1) is 0 Å². The summed E-state index contributed by atoms with van der Waals surface area (Å²) in [4.78, 5) is 5.11. The second-order valence-electron chi connectivity index (χ2n) is 5.88. The van der Waals surface area contributed by atoms with Crippen LogP contribution in [0.25, 0.3) is 26.7 Å². The number of nitrogens with zero attached hydrogens (tertiary/aromatic N) is 3. The van der Waals surface area contributed by atoms with E-state index in [0.717, 1.165) is 24.3 Å². The van der Waals surface area contributed by atoms with E-state index in [4.69, 9.17) is 0 Å². The molecule has 2 heterocycles. The number of alkyl halides is 6. The van der Waals surface area contributed by atoms with Crippen molar-refractivity contribution < 1.29 is 26.3 Å². The van der Waals surface area contributed by atoms with Crippen molar-refractivity contribution in [2.75, 3.05) is 0 Å². The summed E-state index contributed by atoms with van der Waals surface area (Å²) >= 11 is 1.19. The highest BCUT2D eigenvalue weighted by atomic mass is 32.1. The molecule has 2 aromatic heterocycles. The first-order valence-corrected chi connectivity index (χ1v) is 8.64. The summed E-state index contributed by atoms with van der Waals surface area (Å²) in [5.41, 5.74) is -0.185. The smallest absolute Gasteiger partial charge is 0.206 e. The van der Waals surface area contributed by atoms with Crippen LogP contribution in [0.4, 0.5) is 26.3 Å². The van der Waals surface area contributed by atoms with E-state index in [2.05, 4.69) is 10.1 Å². The monoisotopic (exact) mass is 413 g/mol. The van der Waals surface area contributed by atoms with Gasteiger partial charge in [0.25, 0.3) is 0 Å². The molecule has 0 atom stereocenters. The van der Waals surface area contributed by atoms with Crippen molar-refractivity contribution in [1.82, 2.24) is 14.6 Å². The normalized spacial score (nSPS) is 12.6. The van der Waals surface area contributed by atoms with Crippen LogP contribution in [-0.4, -0.2) is 14.6 Å². The molecule has 0 saturated carbocycles. The molecule has 0 bridgehead atoms. The lowest BCUT2D eigenvalue weighted by atomic mass is 10.0. The Balaban J connectivity index is 1.84. The predicted molar refractivity (Wildman–Crippen MR) is 91.7 cm³/mol. The maximum absolute atomic E-state index is 12.8. The van der Waals surface area contributed by atoms with Crippen LogP contribution in [-0.2, 0) is 12.4 Å². The molecule has 0 radical (unpaired) electrons. The number of rotatable bonds is 2. The summed E-state index contributed by atoms with van der Waals surface area (Å²) in [5, 5.41) is 4.08. The Hall–Kier alpha value is -2.88. The van der Waals surface area contributed by atoms with Crippen molar-refractivity contribution >= 4 is 16.3 Å². The molecule has 10 heteroatoms. The van der Waals surface area contributed by atoms with Gasteiger partial charge in [-0.2, -0.15) is 31.4 Å². The molecule has 0 unspecified atom stereocenters. The summed E-state index contributed by atoms with van der Waals surface area (Å²) < 4.78 is 78.4. The molecule has 2 aromatic carbocycles. The topological polar surface area (TPSA) is 30.2 Å². The molecule has 4 aromatic rings. The van der Waals surface area contributed by atoms with Gasteiger partial charge in [-0.3, -0.25) is 0 Å². The minimum absolute atomic E-state index is 0.444. The molecular weight excluding hydrogens is 404 g/mol. The summed E-state index contributed by atoms with van der Waals surface area (Å²) in [7, 11) is 0. The third-order valence-corrected chi connectivity index (χ3v) is 5.19. The molecule has 0 spiro atoms. The van der Waals surface area contributed by atoms with Crippen LogP contribution in [0.5, 0.6) is 0 Å². The van der Waals surface area contributed by atoms with Gasteiger partial charge in [-0.15, -0.1) is 0 Å². The van der Waals surface area contributed by atoms with Crippen LogP contribution in [0.1, 0.15) is 11.1 Å². The fourth-order valence-electron chi connectivity index (χ4n) is 2.77. The summed E-state index contributed by atoms with van der Waals surface area (Å²) in [5.74, 6) is 0. The fourth-order valence-corrected chi connectivity index (χ4v) is 3.83. The molecule has 0 aliphatic rings. The second-order valence-corrected chi connectivity index (χ2v) is 6.86. The third kappa shape index (κ3) is 3.24. The number of halogens is 6. The first-order chi connectivity index (χ1) is 13.1. The highest BCUT2D eigenvalue weighted by Gasteiger charge is 2.31. The van der Waals surface area contributed by atoms with Gasteiger partial charge >= 0.3 is 12.4 Å². The van der Waals surface area contributed by atoms with Gasteiger partial charge in [-0.05, 0) is 29.8 Å². The Morgan fingerprint density at radius 3 is 1.71 bits per heavy atom. The van der Waals surface area contributed by atoms with E-state index < -0.39 is 23.5 Å². The lowest BCUT2D eigenvalue weighted by Gasteiger charge is -2.10. The van der Waals surface area contributed by atoms with E-state index in [1.165, 1.54) is 46.4 Å². The lowest BCUT2D eigenvalue weighted by Crippen LogP contribution is -2.04. The molecule has 0 saturated heterocycles. The minimum Gasteiger partial charge on any atom is -0.206 e. The summed E-state index contributed by atoms with van der Waals surface area (Å²) in [6.45, 7) is 0. The average Bonchev–Trinajstić information content (AvgIpc) is 3.21.